The maximum Gasteiger partial charge on any atom is 0.158 e. The molecule has 2 aliphatic carbocycles. The molecule has 1 aliphatic heterocycles. The Morgan fingerprint density at radius 1 is 1.12 bits per heavy atom. The molecule has 0 amide bonds. The third-order valence-electron chi connectivity index (χ3n) is 4.38. The molecule has 0 aromatic heterocycles. The van der Waals surface area contributed by atoms with Gasteiger partial charge in [0.25, 0.3) is 0 Å². The third kappa shape index (κ3) is 1.93. The predicted molar refractivity (Wildman–Crippen MR) is 63.1 cm³/mol. The molecule has 16 heavy (non-hydrogen) atoms. The van der Waals surface area contributed by atoms with Crippen LogP contribution in [-0.4, -0.2) is 18.5 Å². The van der Waals surface area contributed by atoms with Crippen LogP contribution in [-0.2, 0) is 9.47 Å². The van der Waals surface area contributed by atoms with Crippen molar-refractivity contribution in [1.29, 1.82) is 0 Å². The monoisotopic (exact) mass is 222 g/mol. The molecule has 0 radical (unpaired) electrons. The van der Waals surface area contributed by atoms with Crippen LogP contribution in [0.15, 0.2) is 12.2 Å². The zero-order valence-corrected chi connectivity index (χ0v) is 9.99. The van der Waals surface area contributed by atoms with Crippen molar-refractivity contribution >= 4 is 0 Å². The molecule has 3 rings (SSSR count). The van der Waals surface area contributed by atoms with Crippen LogP contribution in [0, 0.1) is 5.92 Å². The smallest absolute Gasteiger partial charge is 0.158 e. The molecule has 0 aromatic carbocycles. The molecule has 3 aliphatic rings. The van der Waals surface area contributed by atoms with Crippen molar-refractivity contribution < 1.29 is 9.47 Å². The summed E-state index contributed by atoms with van der Waals surface area (Å²) in [5, 5.41) is 0. The SMILES string of the molecule is C1=CC2(OC3CCCCO3)CCCC2CC1. The zero-order valence-electron chi connectivity index (χ0n) is 9.99. The second-order valence-electron chi connectivity index (χ2n) is 5.44. The first-order valence-electron chi connectivity index (χ1n) is 6.86. The van der Waals surface area contributed by atoms with Crippen LogP contribution < -0.4 is 0 Å². The van der Waals surface area contributed by atoms with Gasteiger partial charge in [-0.3, -0.25) is 0 Å². The number of ether oxygens (including phenoxy) is 2. The standard InChI is InChI=1S/C14H22O2/c1-3-9-14(10-5-7-12(14)6-1)16-13-8-2-4-11-15-13/h3,9,12-13H,1-2,4-8,10-11H2. The minimum absolute atomic E-state index is 0.0419. The van der Waals surface area contributed by atoms with Gasteiger partial charge in [0.1, 0.15) is 0 Å². The van der Waals surface area contributed by atoms with E-state index in [1.54, 1.807) is 0 Å². The highest BCUT2D eigenvalue weighted by atomic mass is 16.7. The lowest BCUT2D eigenvalue weighted by Crippen LogP contribution is -2.41. The first kappa shape index (κ1) is 10.8. The van der Waals surface area contributed by atoms with Gasteiger partial charge in [-0.25, -0.2) is 0 Å². The lowest BCUT2D eigenvalue weighted by molar-refractivity contribution is -0.221. The summed E-state index contributed by atoms with van der Waals surface area (Å²) in [6.07, 6.45) is 14.7. The summed E-state index contributed by atoms with van der Waals surface area (Å²) in [5.74, 6) is 0.753. The Kier molecular flexibility index (Phi) is 3.03. The van der Waals surface area contributed by atoms with E-state index in [-0.39, 0.29) is 11.9 Å². The van der Waals surface area contributed by atoms with Crippen molar-refractivity contribution in [2.75, 3.05) is 6.61 Å². The van der Waals surface area contributed by atoms with Gasteiger partial charge in [-0.15, -0.1) is 0 Å². The van der Waals surface area contributed by atoms with Crippen molar-refractivity contribution in [2.24, 2.45) is 5.92 Å². The topological polar surface area (TPSA) is 18.5 Å². The number of allylic oxidation sites excluding steroid dienone is 1. The fourth-order valence-corrected chi connectivity index (χ4v) is 3.50. The molecule has 3 atom stereocenters. The van der Waals surface area contributed by atoms with Crippen molar-refractivity contribution in [1.82, 2.24) is 0 Å². The third-order valence-corrected chi connectivity index (χ3v) is 4.38. The Balaban J connectivity index is 1.70. The van der Waals surface area contributed by atoms with Gasteiger partial charge >= 0.3 is 0 Å². The Labute approximate surface area is 98.0 Å². The van der Waals surface area contributed by atoms with E-state index in [1.165, 1.54) is 44.9 Å². The highest BCUT2D eigenvalue weighted by Crippen LogP contribution is 2.46. The lowest BCUT2D eigenvalue weighted by Gasteiger charge is -2.39. The molecule has 0 aromatic rings. The van der Waals surface area contributed by atoms with E-state index in [2.05, 4.69) is 12.2 Å². The number of rotatable bonds is 2. The average Bonchev–Trinajstić information content (AvgIpc) is 2.73. The van der Waals surface area contributed by atoms with Gasteiger partial charge < -0.3 is 9.47 Å². The predicted octanol–water partition coefficient (Wildman–Crippen LogP) is 3.42. The summed E-state index contributed by atoms with van der Waals surface area (Å²) < 4.78 is 12.1. The second-order valence-corrected chi connectivity index (χ2v) is 5.44. The highest BCUT2D eigenvalue weighted by molar-refractivity contribution is 5.13. The highest BCUT2D eigenvalue weighted by Gasteiger charge is 2.44. The molecule has 1 heterocycles. The van der Waals surface area contributed by atoms with E-state index >= 15 is 0 Å². The lowest BCUT2D eigenvalue weighted by atomic mass is 9.82. The summed E-state index contributed by atoms with van der Waals surface area (Å²) in [7, 11) is 0. The Bertz CT molecular complexity index is 268. The van der Waals surface area contributed by atoms with Gasteiger partial charge in [0, 0.05) is 6.61 Å². The quantitative estimate of drug-likeness (QED) is 0.666. The van der Waals surface area contributed by atoms with Crippen LogP contribution in [0.25, 0.3) is 0 Å². The van der Waals surface area contributed by atoms with Gasteiger partial charge in [-0.1, -0.05) is 12.2 Å². The normalized spacial score (nSPS) is 43.2. The minimum Gasteiger partial charge on any atom is -0.353 e. The van der Waals surface area contributed by atoms with Crippen LogP contribution in [0.5, 0.6) is 0 Å². The van der Waals surface area contributed by atoms with E-state index in [9.17, 15) is 0 Å². The zero-order chi connectivity index (χ0) is 10.8. The van der Waals surface area contributed by atoms with Crippen LogP contribution in [0.1, 0.15) is 51.4 Å². The molecule has 0 bridgehead atoms. The fourth-order valence-electron chi connectivity index (χ4n) is 3.50. The molecule has 1 saturated carbocycles. The van der Waals surface area contributed by atoms with Gasteiger partial charge in [0.05, 0.1) is 5.60 Å². The van der Waals surface area contributed by atoms with E-state index in [4.69, 9.17) is 9.47 Å². The van der Waals surface area contributed by atoms with Crippen LogP contribution in [0.4, 0.5) is 0 Å². The van der Waals surface area contributed by atoms with Gasteiger partial charge in [0.2, 0.25) is 0 Å². The maximum atomic E-state index is 6.33. The van der Waals surface area contributed by atoms with Gasteiger partial charge in [0.15, 0.2) is 6.29 Å². The summed E-state index contributed by atoms with van der Waals surface area (Å²) in [5.41, 5.74) is 0.0419. The van der Waals surface area contributed by atoms with Crippen molar-refractivity contribution in [3.05, 3.63) is 12.2 Å². The maximum absolute atomic E-state index is 6.33. The Morgan fingerprint density at radius 2 is 2.12 bits per heavy atom. The van der Waals surface area contributed by atoms with Crippen molar-refractivity contribution in [3.63, 3.8) is 0 Å². The van der Waals surface area contributed by atoms with Crippen LogP contribution in [0.2, 0.25) is 0 Å². The van der Waals surface area contributed by atoms with Crippen LogP contribution in [0.3, 0.4) is 0 Å². The molecular weight excluding hydrogens is 200 g/mol. The molecular formula is C14H22O2. The molecule has 2 fully saturated rings. The fraction of sp³-hybridized carbons (Fsp3) is 0.857. The van der Waals surface area contributed by atoms with E-state index in [1.807, 2.05) is 0 Å². The minimum atomic E-state index is 0.0419. The molecule has 0 N–H and O–H groups in total. The van der Waals surface area contributed by atoms with E-state index < -0.39 is 0 Å². The Morgan fingerprint density at radius 3 is 3.00 bits per heavy atom. The molecule has 2 nitrogen and oxygen atoms in total. The summed E-state index contributed by atoms with van der Waals surface area (Å²) in [6.45, 7) is 0.884. The summed E-state index contributed by atoms with van der Waals surface area (Å²) >= 11 is 0. The first-order chi connectivity index (χ1) is 7.89. The first-order valence-corrected chi connectivity index (χ1v) is 6.86. The average molecular weight is 222 g/mol. The van der Waals surface area contributed by atoms with Crippen molar-refractivity contribution in [3.8, 4) is 0 Å². The van der Waals surface area contributed by atoms with Crippen molar-refractivity contribution in [2.45, 2.75) is 63.3 Å². The molecule has 0 spiro atoms. The molecule has 1 saturated heterocycles. The second kappa shape index (κ2) is 4.50. The molecule has 90 valence electrons. The van der Waals surface area contributed by atoms with Crippen LogP contribution >= 0.6 is 0 Å². The van der Waals surface area contributed by atoms with Gasteiger partial charge in [-0.05, 0) is 57.3 Å². The summed E-state index contributed by atoms with van der Waals surface area (Å²) in [4.78, 5) is 0. The largest absolute Gasteiger partial charge is 0.353 e. The van der Waals surface area contributed by atoms with Gasteiger partial charge in [-0.2, -0.15) is 0 Å². The number of hydrogen-bond donors (Lipinski definition) is 0. The molecule has 3 unspecified atom stereocenters. The molecule has 2 heteroatoms. The number of fused-ring (bicyclic) bond motifs is 1. The van der Waals surface area contributed by atoms with E-state index in [0.717, 1.165) is 18.9 Å². The Hall–Kier alpha value is -0.340. The number of hydrogen-bond acceptors (Lipinski definition) is 2. The van der Waals surface area contributed by atoms with E-state index in [0.29, 0.717) is 0 Å². The summed E-state index contributed by atoms with van der Waals surface area (Å²) in [6, 6.07) is 0.